The Morgan fingerprint density at radius 1 is 1.46 bits per heavy atom. The van der Waals surface area contributed by atoms with E-state index in [-0.39, 0.29) is 6.61 Å². The monoisotopic (exact) mass is 205 g/mol. The van der Waals surface area contributed by atoms with Crippen LogP contribution in [0.3, 0.4) is 0 Å². The summed E-state index contributed by atoms with van der Waals surface area (Å²) in [7, 11) is -4.30. The number of hydrogen-bond donors (Lipinski definition) is 2. The van der Waals surface area contributed by atoms with Gasteiger partial charge in [-0.15, -0.1) is 0 Å². The third kappa shape index (κ3) is 4.85. The van der Waals surface area contributed by atoms with Crippen LogP contribution >= 0.6 is 7.82 Å². The lowest BCUT2D eigenvalue weighted by molar-refractivity contribution is 0.181. The normalized spacial score (nSPS) is 16.6. The molecule has 0 bridgehead atoms. The van der Waals surface area contributed by atoms with Crippen molar-refractivity contribution < 1.29 is 18.9 Å². The van der Waals surface area contributed by atoms with Crippen LogP contribution in [0.5, 0.6) is 0 Å². The average Bonchev–Trinajstić information content (AvgIpc) is 2.04. The molecule has 0 aromatic rings. The first-order valence-corrected chi connectivity index (χ1v) is 5.38. The summed E-state index contributed by atoms with van der Waals surface area (Å²) in [5.41, 5.74) is 0. The van der Waals surface area contributed by atoms with Crippen molar-refractivity contribution in [2.24, 2.45) is 0 Å². The molecule has 2 N–H and O–H groups in total. The van der Waals surface area contributed by atoms with Gasteiger partial charge in [0.2, 0.25) is 0 Å². The van der Waals surface area contributed by atoms with E-state index in [9.17, 15) is 4.57 Å². The summed E-state index contributed by atoms with van der Waals surface area (Å²) in [6.07, 6.45) is 7.59. The Morgan fingerprint density at radius 2 is 2.23 bits per heavy atom. The van der Waals surface area contributed by atoms with Crippen molar-refractivity contribution in [3.63, 3.8) is 0 Å². The van der Waals surface area contributed by atoms with Crippen molar-refractivity contribution in [3.8, 4) is 0 Å². The molecular formula is C7H12NO4P. The lowest BCUT2D eigenvalue weighted by Gasteiger charge is -2.20. The van der Waals surface area contributed by atoms with E-state index in [1.165, 1.54) is 0 Å². The first kappa shape index (κ1) is 10.5. The van der Waals surface area contributed by atoms with E-state index in [0.717, 1.165) is 6.54 Å². The minimum absolute atomic E-state index is 0.0302. The van der Waals surface area contributed by atoms with Crippen LogP contribution in [0.15, 0.2) is 24.4 Å². The molecule has 0 spiro atoms. The van der Waals surface area contributed by atoms with Gasteiger partial charge in [0.05, 0.1) is 6.61 Å². The molecule has 5 nitrogen and oxygen atoms in total. The lowest BCUT2D eigenvalue weighted by Crippen LogP contribution is -2.23. The van der Waals surface area contributed by atoms with E-state index >= 15 is 0 Å². The Balaban J connectivity index is 2.17. The minimum atomic E-state index is -4.30. The lowest BCUT2D eigenvalue weighted by atomic mass is 10.3. The van der Waals surface area contributed by atoms with Gasteiger partial charge in [0.25, 0.3) is 0 Å². The van der Waals surface area contributed by atoms with Crippen LogP contribution in [0, 0.1) is 0 Å². The number of nitrogens with zero attached hydrogens (tertiary/aromatic N) is 1. The smallest absolute Gasteiger partial charge is 0.371 e. The van der Waals surface area contributed by atoms with Gasteiger partial charge >= 0.3 is 7.82 Å². The zero-order valence-corrected chi connectivity index (χ0v) is 7.93. The highest BCUT2D eigenvalue weighted by molar-refractivity contribution is 7.46. The number of phosphoric acid groups is 1. The molecule has 0 saturated carbocycles. The molecule has 1 heterocycles. The van der Waals surface area contributed by atoms with E-state index in [4.69, 9.17) is 9.79 Å². The summed E-state index contributed by atoms with van der Waals surface area (Å²) in [6, 6.07) is 0. The molecule has 13 heavy (non-hydrogen) atoms. The van der Waals surface area contributed by atoms with E-state index in [1.54, 1.807) is 0 Å². The molecule has 0 aliphatic carbocycles. The molecule has 0 atom stereocenters. The highest BCUT2D eigenvalue weighted by Gasteiger charge is 2.13. The Bertz CT molecular complexity index is 257. The topological polar surface area (TPSA) is 70.0 Å². The molecule has 1 rings (SSSR count). The summed E-state index contributed by atoms with van der Waals surface area (Å²) < 4.78 is 14.6. The number of rotatable bonds is 4. The first-order valence-electron chi connectivity index (χ1n) is 3.85. The molecular weight excluding hydrogens is 193 g/mol. The van der Waals surface area contributed by atoms with E-state index in [0.29, 0.717) is 6.54 Å². The van der Waals surface area contributed by atoms with Crippen LogP contribution in [-0.4, -0.2) is 34.4 Å². The van der Waals surface area contributed by atoms with Crippen LogP contribution in [-0.2, 0) is 9.09 Å². The van der Waals surface area contributed by atoms with Gasteiger partial charge in [0.15, 0.2) is 0 Å². The zero-order valence-electron chi connectivity index (χ0n) is 7.04. The van der Waals surface area contributed by atoms with E-state index in [2.05, 4.69) is 4.52 Å². The van der Waals surface area contributed by atoms with Crippen LogP contribution in [0.2, 0.25) is 0 Å². The molecule has 1 aliphatic rings. The third-order valence-electron chi connectivity index (χ3n) is 1.52. The van der Waals surface area contributed by atoms with Gasteiger partial charge < -0.3 is 14.7 Å². The van der Waals surface area contributed by atoms with Crippen LogP contribution in [0.25, 0.3) is 0 Å². The first-order chi connectivity index (χ1) is 6.08. The molecule has 0 aromatic heterocycles. The fraction of sp³-hybridized carbons (Fsp3) is 0.429. The quantitative estimate of drug-likeness (QED) is 0.653. The Labute approximate surface area is 76.6 Å². The Morgan fingerprint density at radius 3 is 2.77 bits per heavy atom. The van der Waals surface area contributed by atoms with Crippen molar-refractivity contribution in [1.29, 1.82) is 0 Å². The molecule has 0 radical (unpaired) electrons. The number of allylic oxidation sites excluding steroid dienone is 2. The van der Waals surface area contributed by atoms with Gasteiger partial charge in [-0.3, -0.25) is 4.52 Å². The van der Waals surface area contributed by atoms with E-state index < -0.39 is 7.82 Å². The average molecular weight is 205 g/mol. The van der Waals surface area contributed by atoms with Crippen LogP contribution in [0.4, 0.5) is 0 Å². The maximum Gasteiger partial charge on any atom is 0.469 e. The third-order valence-corrected chi connectivity index (χ3v) is 2.04. The maximum atomic E-state index is 10.3. The van der Waals surface area contributed by atoms with Crippen molar-refractivity contribution in [2.45, 2.75) is 0 Å². The molecule has 1 aliphatic heterocycles. The largest absolute Gasteiger partial charge is 0.469 e. The predicted molar refractivity (Wildman–Crippen MR) is 47.8 cm³/mol. The van der Waals surface area contributed by atoms with Crippen LogP contribution in [0.1, 0.15) is 0 Å². The fourth-order valence-electron chi connectivity index (χ4n) is 0.950. The summed E-state index contributed by atoms with van der Waals surface area (Å²) in [6.45, 7) is 1.26. The second-order valence-electron chi connectivity index (χ2n) is 2.59. The second kappa shape index (κ2) is 4.58. The van der Waals surface area contributed by atoms with Gasteiger partial charge in [-0.05, 0) is 12.3 Å². The Hall–Kier alpha value is -0.610. The number of hydrogen-bond acceptors (Lipinski definition) is 3. The highest BCUT2D eigenvalue weighted by Crippen LogP contribution is 2.35. The van der Waals surface area contributed by atoms with Gasteiger partial charge in [-0.1, -0.05) is 12.2 Å². The molecule has 0 fully saturated rings. The van der Waals surface area contributed by atoms with Gasteiger partial charge in [0, 0.05) is 13.1 Å². The minimum Gasteiger partial charge on any atom is -0.371 e. The molecule has 0 aromatic carbocycles. The van der Waals surface area contributed by atoms with Crippen molar-refractivity contribution >= 4 is 7.82 Å². The molecule has 0 saturated heterocycles. The summed E-state index contributed by atoms with van der Waals surface area (Å²) in [5, 5.41) is 0. The number of phosphoric ester groups is 1. The van der Waals surface area contributed by atoms with Crippen LogP contribution < -0.4 is 0 Å². The van der Waals surface area contributed by atoms with Gasteiger partial charge in [0.1, 0.15) is 0 Å². The maximum absolute atomic E-state index is 10.3. The summed E-state index contributed by atoms with van der Waals surface area (Å²) >= 11 is 0. The Kier molecular flexibility index (Phi) is 3.69. The van der Waals surface area contributed by atoms with Crippen molar-refractivity contribution in [3.05, 3.63) is 24.4 Å². The standard InChI is InChI=1S/C7H12NO4P/c9-13(10,11)12-7-6-8-4-2-1-3-5-8/h1-4H,5-7H2,(H2,9,10,11). The van der Waals surface area contributed by atoms with Crippen molar-refractivity contribution in [1.82, 2.24) is 4.90 Å². The van der Waals surface area contributed by atoms with Crippen molar-refractivity contribution in [2.75, 3.05) is 19.7 Å². The molecule has 6 heteroatoms. The summed E-state index contributed by atoms with van der Waals surface area (Å²) in [5.74, 6) is 0. The summed E-state index contributed by atoms with van der Waals surface area (Å²) in [4.78, 5) is 18.7. The second-order valence-corrected chi connectivity index (χ2v) is 3.83. The SMILES string of the molecule is O=P(O)(O)OCCN1C=CC=CC1. The van der Waals surface area contributed by atoms with Gasteiger partial charge in [-0.25, -0.2) is 4.57 Å². The van der Waals surface area contributed by atoms with E-state index in [1.807, 2.05) is 29.3 Å². The predicted octanol–water partition coefficient (Wildman–Crippen LogP) is 0.481. The fourth-order valence-corrected chi connectivity index (χ4v) is 1.27. The molecule has 74 valence electrons. The molecule has 0 amide bonds. The van der Waals surface area contributed by atoms with Gasteiger partial charge in [-0.2, -0.15) is 0 Å². The highest BCUT2D eigenvalue weighted by atomic mass is 31.2. The molecule has 0 unspecified atom stereocenters. The zero-order chi connectivity index (χ0) is 9.73.